The molecule has 2 N–H and O–H groups in total. The van der Waals surface area contributed by atoms with Crippen LogP contribution in [0.3, 0.4) is 0 Å². The summed E-state index contributed by atoms with van der Waals surface area (Å²) >= 11 is 0. The first-order chi connectivity index (χ1) is 10.0. The van der Waals surface area contributed by atoms with E-state index in [2.05, 4.69) is 25.2 Å². The van der Waals surface area contributed by atoms with Crippen molar-refractivity contribution in [3.05, 3.63) is 35.6 Å². The number of aliphatic hydroxyl groups is 1. The number of fused-ring (bicyclic) bond motifs is 1. The fraction of sp³-hybridized carbons (Fsp3) is 0.556. The summed E-state index contributed by atoms with van der Waals surface area (Å²) in [5.41, 5.74) is 1.58. The van der Waals surface area contributed by atoms with Gasteiger partial charge in [-0.3, -0.25) is 0 Å². The molecule has 2 rings (SSSR count). The van der Waals surface area contributed by atoms with Crippen molar-refractivity contribution in [2.24, 2.45) is 0 Å². The minimum absolute atomic E-state index is 0.0944. The first-order valence-electron chi connectivity index (χ1n) is 8.00. The largest absolute Gasteiger partial charge is 0.459 e. The van der Waals surface area contributed by atoms with Crippen molar-refractivity contribution in [3.63, 3.8) is 0 Å². The minimum Gasteiger partial charge on any atom is -0.459 e. The Morgan fingerprint density at radius 3 is 2.48 bits per heavy atom. The van der Waals surface area contributed by atoms with Crippen molar-refractivity contribution in [2.75, 3.05) is 6.54 Å². The van der Waals surface area contributed by atoms with Gasteiger partial charge in [-0.15, -0.1) is 0 Å². The van der Waals surface area contributed by atoms with Crippen LogP contribution in [-0.4, -0.2) is 17.3 Å². The number of furan rings is 1. The van der Waals surface area contributed by atoms with Gasteiger partial charge in [-0.25, -0.2) is 0 Å². The monoisotopic (exact) mass is 289 g/mol. The number of rotatable bonds is 7. The van der Waals surface area contributed by atoms with Crippen molar-refractivity contribution in [3.8, 4) is 0 Å². The molecule has 0 radical (unpaired) electrons. The fourth-order valence-corrected chi connectivity index (χ4v) is 2.77. The lowest BCUT2D eigenvalue weighted by Gasteiger charge is -2.27. The zero-order chi connectivity index (χ0) is 15.5. The summed E-state index contributed by atoms with van der Waals surface area (Å²) in [6, 6.07) is 8.27. The summed E-state index contributed by atoms with van der Waals surface area (Å²) in [6.07, 6.45) is 2.46. The Hall–Kier alpha value is -1.32. The van der Waals surface area contributed by atoms with Crippen molar-refractivity contribution in [2.45, 2.75) is 58.6 Å². The zero-order valence-corrected chi connectivity index (χ0v) is 13.6. The predicted molar refractivity (Wildman–Crippen MR) is 87.5 cm³/mol. The molecule has 0 aliphatic heterocycles. The molecule has 0 saturated carbocycles. The molecule has 116 valence electrons. The lowest BCUT2D eigenvalue weighted by molar-refractivity contribution is 0.0297. The molecule has 0 aliphatic carbocycles. The van der Waals surface area contributed by atoms with Gasteiger partial charge in [0.15, 0.2) is 0 Å². The highest BCUT2D eigenvalue weighted by atomic mass is 16.3. The van der Waals surface area contributed by atoms with Crippen molar-refractivity contribution in [1.29, 1.82) is 0 Å². The summed E-state index contributed by atoms with van der Waals surface area (Å²) in [7, 11) is 0. The third-order valence-corrected chi connectivity index (χ3v) is 4.53. The molecular formula is C18H27NO2. The lowest BCUT2D eigenvalue weighted by Crippen LogP contribution is -2.40. The molecule has 0 saturated heterocycles. The quantitative estimate of drug-likeness (QED) is 0.803. The molecule has 0 amide bonds. The van der Waals surface area contributed by atoms with E-state index in [1.807, 2.05) is 32.0 Å². The topological polar surface area (TPSA) is 45.4 Å². The van der Waals surface area contributed by atoms with Crippen LogP contribution >= 0.6 is 0 Å². The zero-order valence-electron chi connectivity index (χ0n) is 13.6. The molecule has 21 heavy (non-hydrogen) atoms. The van der Waals surface area contributed by atoms with Gasteiger partial charge in [-0.05, 0) is 32.3 Å². The Kier molecular flexibility index (Phi) is 5.07. The normalized spacial score (nSPS) is 13.8. The highest BCUT2D eigenvalue weighted by Crippen LogP contribution is 2.30. The van der Waals surface area contributed by atoms with Gasteiger partial charge in [0.2, 0.25) is 0 Å². The second kappa shape index (κ2) is 6.63. The standard InChI is InChI=1S/C18H27NO2/c1-5-14-15-10-8-9-11-16(15)21-17(14)13(4)19-12-18(20,6-2)7-3/h8-11,13,19-20H,5-7,12H2,1-4H3. The van der Waals surface area contributed by atoms with E-state index in [1.54, 1.807) is 0 Å². The second-order valence-electron chi connectivity index (χ2n) is 5.83. The highest BCUT2D eigenvalue weighted by Gasteiger charge is 2.24. The summed E-state index contributed by atoms with van der Waals surface area (Å²) in [5, 5.41) is 15.0. The molecule has 1 heterocycles. The van der Waals surface area contributed by atoms with Crippen molar-refractivity contribution >= 4 is 11.0 Å². The van der Waals surface area contributed by atoms with Crippen LogP contribution in [0.25, 0.3) is 11.0 Å². The summed E-state index contributed by atoms with van der Waals surface area (Å²) in [5.74, 6) is 0.994. The Balaban J connectivity index is 2.21. The summed E-state index contributed by atoms with van der Waals surface area (Å²) in [6.45, 7) is 8.88. The second-order valence-corrected chi connectivity index (χ2v) is 5.83. The van der Waals surface area contributed by atoms with Crippen LogP contribution in [0, 0.1) is 0 Å². The number of hydrogen-bond acceptors (Lipinski definition) is 3. The first kappa shape index (κ1) is 16.1. The van der Waals surface area contributed by atoms with Crippen molar-refractivity contribution < 1.29 is 9.52 Å². The average Bonchev–Trinajstić information content (AvgIpc) is 2.90. The van der Waals surface area contributed by atoms with Gasteiger partial charge < -0.3 is 14.8 Å². The average molecular weight is 289 g/mol. The molecule has 0 fully saturated rings. The van der Waals surface area contributed by atoms with E-state index in [9.17, 15) is 5.11 Å². The number of para-hydroxylation sites is 1. The smallest absolute Gasteiger partial charge is 0.134 e. The molecule has 3 nitrogen and oxygen atoms in total. The summed E-state index contributed by atoms with van der Waals surface area (Å²) < 4.78 is 6.04. The molecule has 0 aliphatic rings. The van der Waals surface area contributed by atoms with Crippen LogP contribution in [0.1, 0.15) is 57.9 Å². The molecule has 1 unspecified atom stereocenters. The van der Waals surface area contributed by atoms with Gasteiger partial charge in [0.05, 0.1) is 11.6 Å². The molecular weight excluding hydrogens is 262 g/mol. The third-order valence-electron chi connectivity index (χ3n) is 4.53. The molecule has 2 aromatic rings. The van der Waals surface area contributed by atoms with Crippen LogP contribution in [0.15, 0.2) is 28.7 Å². The molecule has 3 heteroatoms. The summed E-state index contributed by atoms with van der Waals surface area (Å²) in [4.78, 5) is 0. The third kappa shape index (κ3) is 3.30. The Morgan fingerprint density at radius 1 is 1.19 bits per heavy atom. The van der Waals surface area contributed by atoms with E-state index in [0.29, 0.717) is 6.54 Å². The minimum atomic E-state index is -0.632. The molecule has 1 aromatic heterocycles. The molecule has 0 spiro atoms. The van der Waals surface area contributed by atoms with Gasteiger partial charge in [0, 0.05) is 17.5 Å². The maximum atomic E-state index is 10.4. The van der Waals surface area contributed by atoms with Gasteiger partial charge in [-0.1, -0.05) is 39.0 Å². The van der Waals surface area contributed by atoms with Gasteiger partial charge in [0.1, 0.15) is 11.3 Å². The first-order valence-corrected chi connectivity index (χ1v) is 8.00. The van der Waals surface area contributed by atoms with E-state index in [0.717, 1.165) is 30.6 Å². The van der Waals surface area contributed by atoms with Gasteiger partial charge >= 0.3 is 0 Å². The number of hydrogen-bond donors (Lipinski definition) is 2. The lowest BCUT2D eigenvalue weighted by atomic mass is 9.97. The van der Waals surface area contributed by atoms with Crippen LogP contribution in [-0.2, 0) is 6.42 Å². The van der Waals surface area contributed by atoms with Gasteiger partial charge in [-0.2, -0.15) is 0 Å². The van der Waals surface area contributed by atoms with Crippen LogP contribution in [0.4, 0.5) is 0 Å². The van der Waals surface area contributed by atoms with Crippen molar-refractivity contribution in [1.82, 2.24) is 5.32 Å². The Morgan fingerprint density at radius 2 is 1.86 bits per heavy atom. The van der Waals surface area contributed by atoms with Crippen LogP contribution < -0.4 is 5.32 Å². The van der Waals surface area contributed by atoms with Gasteiger partial charge in [0.25, 0.3) is 0 Å². The Bertz CT molecular complexity index is 584. The predicted octanol–water partition coefficient (Wildman–Crippen LogP) is 4.20. The van der Waals surface area contributed by atoms with Crippen LogP contribution in [0.2, 0.25) is 0 Å². The maximum absolute atomic E-state index is 10.4. The number of nitrogens with one attached hydrogen (secondary N) is 1. The molecule has 1 aromatic carbocycles. The SMILES string of the molecule is CCc1c(C(C)NCC(O)(CC)CC)oc2ccccc12. The molecule has 1 atom stereocenters. The van der Waals surface area contributed by atoms with E-state index >= 15 is 0 Å². The number of benzene rings is 1. The van der Waals surface area contributed by atoms with E-state index in [1.165, 1.54) is 10.9 Å². The van der Waals surface area contributed by atoms with Crippen LogP contribution in [0.5, 0.6) is 0 Å². The van der Waals surface area contributed by atoms with E-state index in [-0.39, 0.29) is 6.04 Å². The number of aryl methyl sites for hydroxylation is 1. The Labute approximate surface area is 127 Å². The molecule has 0 bridgehead atoms. The highest BCUT2D eigenvalue weighted by molar-refractivity contribution is 5.82. The fourth-order valence-electron chi connectivity index (χ4n) is 2.77. The maximum Gasteiger partial charge on any atom is 0.134 e. The van der Waals surface area contributed by atoms with E-state index in [4.69, 9.17) is 4.42 Å². The van der Waals surface area contributed by atoms with E-state index < -0.39 is 5.60 Å².